The number of carbonyl (C=O) groups is 1. The van der Waals surface area contributed by atoms with Crippen LogP contribution in [-0.4, -0.2) is 32.5 Å². The van der Waals surface area contributed by atoms with Crippen molar-refractivity contribution in [3.63, 3.8) is 0 Å². The molecule has 1 aromatic carbocycles. The van der Waals surface area contributed by atoms with E-state index in [1.54, 1.807) is 0 Å². The van der Waals surface area contributed by atoms with Crippen LogP contribution in [0, 0.1) is 0 Å². The Bertz CT molecular complexity index is 826. The first kappa shape index (κ1) is 15.6. The molecule has 0 saturated carbocycles. The van der Waals surface area contributed by atoms with Crippen molar-refractivity contribution in [1.29, 1.82) is 0 Å². The average Bonchev–Trinajstić information content (AvgIpc) is 3.41. The van der Waals surface area contributed by atoms with Crippen LogP contribution in [0.2, 0.25) is 0 Å². The van der Waals surface area contributed by atoms with Gasteiger partial charge in [0.15, 0.2) is 0 Å². The lowest BCUT2D eigenvalue weighted by Gasteiger charge is -2.23. The van der Waals surface area contributed by atoms with Gasteiger partial charge in [-0.1, -0.05) is 18.2 Å². The van der Waals surface area contributed by atoms with Crippen LogP contribution in [0.1, 0.15) is 36.9 Å². The molecule has 0 radical (unpaired) electrons. The van der Waals surface area contributed by atoms with Crippen LogP contribution in [0.3, 0.4) is 0 Å². The lowest BCUT2D eigenvalue weighted by atomic mass is 10.1. The molecule has 0 bridgehead atoms. The maximum atomic E-state index is 12.6. The van der Waals surface area contributed by atoms with Gasteiger partial charge in [-0.3, -0.25) is 4.79 Å². The number of H-pyrrole nitrogens is 1. The van der Waals surface area contributed by atoms with Gasteiger partial charge in [0, 0.05) is 36.8 Å². The number of benzene rings is 1. The second kappa shape index (κ2) is 6.93. The molecule has 1 amide bonds. The van der Waals surface area contributed by atoms with Crippen LogP contribution in [0.15, 0.2) is 53.1 Å². The lowest BCUT2D eigenvalue weighted by molar-refractivity contribution is -0.132. The van der Waals surface area contributed by atoms with Gasteiger partial charge < -0.3 is 14.3 Å². The Labute approximate surface area is 145 Å². The monoisotopic (exact) mass is 336 g/mol. The molecule has 6 heteroatoms. The summed E-state index contributed by atoms with van der Waals surface area (Å²) in [4.78, 5) is 17.8. The highest BCUT2D eigenvalue weighted by molar-refractivity contribution is 5.77. The number of likely N-dealkylation sites (tertiary alicyclic amines) is 1. The maximum absolute atomic E-state index is 12.6. The van der Waals surface area contributed by atoms with Gasteiger partial charge in [0.05, 0.1) is 6.04 Å². The Kier molecular flexibility index (Phi) is 4.33. The normalized spacial score (nSPS) is 17.1. The Morgan fingerprint density at radius 2 is 2.08 bits per heavy atom. The third-order valence-corrected chi connectivity index (χ3v) is 4.59. The van der Waals surface area contributed by atoms with Crippen molar-refractivity contribution in [3.8, 4) is 11.5 Å². The van der Waals surface area contributed by atoms with Crippen molar-refractivity contribution in [3.05, 3.63) is 60.2 Å². The second-order valence-corrected chi connectivity index (χ2v) is 6.24. The number of carbonyl (C=O) groups excluding carboxylic acids is 1. The number of aromatic nitrogens is 3. The predicted molar refractivity (Wildman–Crippen MR) is 92.5 cm³/mol. The molecule has 1 fully saturated rings. The van der Waals surface area contributed by atoms with Gasteiger partial charge >= 0.3 is 0 Å². The van der Waals surface area contributed by atoms with Crippen LogP contribution in [0.4, 0.5) is 0 Å². The molecule has 1 N–H and O–H groups in total. The van der Waals surface area contributed by atoms with Crippen LogP contribution < -0.4 is 0 Å². The smallest absolute Gasteiger partial charge is 0.247 e. The SMILES string of the molecule is O=C(CCc1nnc(-c2ccccc2)o1)N1CCC[C@@H]1c1ccc[nH]1. The number of rotatable bonds is 5. The summed E-state index contributed by atoms with van der Waals surface area (Å²) in [7, 11) is 0. The highest BCUT2D eigenvalue weighted by atomic mass is 16.4. The second-order valence-electron chi connectivity index (χ2n) is 6.24. The highest BCUT2D eigenvalue weighted by Crippen LogP contribution is 2.31. The van der Waals surface area contributed by atoms with Crippen LogP contribution in [0.25, 0.3) is 11.5 Å². The van der Waals surface area contributed by atoms with Crippen molar-refractivity contribution in [2.45, 2.75) is 31.7 Å². The molecule has 1 aliphatic heterocycles. The lowest BCUT2D eigenvalue weighted by Crippen LogP contribution is -2.30. The Hall–Kier alpha value is -2.89. The summed E-state index contributed by atoms with van der Waals surface area (Å²) in [6, 6.07) is 13.8. The van der Waals surface area contributed by atoms with Crippen LogP contribution in [0.5, 0.6) is 0 Å². The fourth-order valence-corrected chi connectivity index (χ4v) is 3.35. The van der Waals surface area contributed by atoms with E-state index in [1.165, 1.54) is 0 Å². The zero-order valence-corrected chi connectivity index (χ0v) is 13.9. The van der Waals surface area contributed by atoms with Gasteiger partial charge in [-0.15, -0.1) is 10.2 Å². The number of aromatic amines is 1. The Balaban J connectivity index is 1.38. The van der Waals surface area contributed by atoms with E-state index in [4.69, 9.17) is 4.42 Å². The molecule has 3 aromatic rings. The van der Waals surface area contributed by atoms with E-state index in [0.29, 0.717) is 24.6 Å². The number of hydrogen-bond donors (Lipinski definition) is 1. The minimum absolute atomic E-state index is 0.136. The zero-order chi connectivity index (χ0) is 17.1. The van der Waals surface area contributed by atoms with Gasteiger partial charge in [-0.2, -0.15) is 0 Å². The van der Waals surface area contributed by atoms with E-state index in [2.05, 4.69) is 15.2 Å². The number of nitrogens with zero attached hydrogens (tertiary/aromatic N) is 3. The zero-order valence-electron chi connectivity index (χ0n) is 13.9. The van der Waals surface area contributed by atoms with Gasteiger partial charge in [0.1, 0.15) is 0 Å². The molecule has 25 heavy (non-hydrogen) atoms. The molecular weight excluding hydrogens is 316 g/mol. The quantitative estimate of drug-likeness (QED) is 0.775. The fourth-order valence-electron chi connectivity index (χ4n) is 3.35. The number of nitrogens with one attached hydrogen (secondary N) is 1. The van der Waals surface area contributed by atoms with Gasteiger partial charge in [0.25, 0.3) is 0 Å². The first-order valence-electron chi connectivity index (χ1n) is 8.62. The molecule has 128 valence electrons. The molecule has 2 aromatic heterocycles. The minimum Gasteiger partial charge on any atom is -0.421 e. The summed E-state index contributed by atoms with van der Waals surface area (Å²) in [5, 5.41) is 8.14. The summed E-state index contributed by atoms with van der Waals surface area (Å²) >= 11 is 0. The summed E-state index contributed by atoms with van der Waals surface area (Å²) in [5.74, 6) is 1.13. The molecule has 0 unspecified atom stereocenters. The largest absolute Gasteiger partial charge is 0.421 e. The summed E-state index contributed by atoms with van der Waals surface area (Å²) in [5.41, 5.74) is 1.99. The van der Waals surface area contributed by atoms with Gasteiger partial charge in [-0.05, 0) is 37.1 Å². The molecular formula is C19H20N4O2. The van der Waals surface area contributed by atoms with E-state index in [1.807, 2.05) is 53.6 Å². The van der Waals surface area contributed by atoms with Crippen molar-refractivity contribution in [2.24, 2.45) is 0 Å². The molecule has 0 spiro atoms. The molecule has 1 atom stereocenters. The predicted octanol–water partition coefficient (Wildman–Crippen LogP) is 3.36. The van der Waals surface area contributed by atoms with E-state index in [0.717, 1.165) is 30.6 Å². The fraction of sp³-hybridized carbons (Fsp3) is 0.316. The summed E-state index contributed by atoms with van der Waals surface area (Å²) < 4.78 is 5.68. The number of aryl methyl sites for hydroxylation is 1. The first-order chi connectivity index (χ1) is 12.3. The van der Waals surface area contributed by atoms with Crippen molar-refractivity contribution >= 4 is 5.91 Å². The molecule has 4 rings (SSSR count). The Morgan fingerprint density at radius 3 is 2.88 bits per heavy atom. The van der Waals surface area contributed by atoms with Crippen molar-refractivity contribution in [1.82, 2.24) is 20.1 Å². The molecule has 3 heterocycles. The summed E-state index contributed by atoms with van der Waals surface area (Å²) in [6.07, 6.45) is 4.79. The maximum Gasteiger partial charge on any atom is 0.247 e. The van der Waals surface area contributed by atoms with Gasteiger partial charge in [-0.25, -0.2) is 0 Å². The number of amides is 1. The number of hydrogen-bond acceptors (Lipinski definition) is 4. The van der Waals surface area contributed by atoms with Crippen LogP contribution in [-0.2, 0) is 11.2 Å². The molecule has 0 aliphatic carbocycles. The van der Waals surface area contributed by atoms with E-state index in [9.17, 15) is 4.79 Å². The van der Waals surface area contributed by atoms with Gasteiger partial charge in [0.2, 0.25) is 17.7 Å². The standard InChI is InChI=1S/C19H20N4O2/c24-18(23-13-5-9-16(23)15-8-4-12-20-15)11-10-17-21-22-19(25-17)14-6-2-1-3-7-14/h1-4,6-8,12,16,20H,5,9-11,13H2/t16-/m1/s1. The van der Waals surface area contributed by atoms with Crippen molar-refractivity contribution in [2.75, 3.05) is 6.54 Å². The van der Waals surface area contributed by atoms with E-state index >= 15 is 0 Å². The third-order valence-electron chi connectivity index (χ3n) is 4.59. The van der Waals surface area contributed by atoms with Crippen molar-refractivity contribution < 1.29 is 9.21 Å². The highest BCUT2D eigenvalue weighted by Gasteiger charge is 2.30. The molecule has 1 aliphatic rings. The molecule has 6 nitrogen and oxygen atoms in total. The Morgan fingerprint density at radius 1 is 1.20 bits per heavy atom. The van der Waals surface area contributed by atoms with Crippen LogP contribution >= 0.6 is 0 Å². The van der Waals surface area contributed by atoms with E-state index < -0.39 is 0 Å². The molecule has 1 saturated heterocycles. The first-order valence-corrected chi connectivity index (χ1v) is 8.62. The van der Waals surface area contributed by atoms with E-state index in [-0.39, 0.29) is 11.9 Å². The average molecular weight is 336 g/mol. The topological polar surface area (TPSA) is 75.0 Å². The minimum atomic E-state index is 0.136. The summed E-state index contributed by atoms with van der Waals surface area (Å²) in [6.45, 7) is 0.807. The third kappa shape index (κ3) is 3.33.